The Morgan fingerprint density at radius 3 is 2.40 bits per heavy atom. The predicted molar refractivity (Wildman–Crippen MR) is 177 cm³/mol. The number of fused-ring (bicyclic) bond motifs is 5. The van der Waals surface area contributed by atoms with Crippen LogP contribution >= 0.6 is 0 Å². The molecule has 5 rings (SSSR count). The molecule has 0 aliphatic heterocycles. The minimum absolute atomic E-state index is 0.0415. The number of carbonyl (C=O) groups excluding carboxylic acids is 1. The zero-order chi connectivity index (χ0) is 30.5. The summed E-state index contributed by atoms with van der Waals surface area (Å²) in [6.45, 7) is 24.1. The average Bonchev–Trinajstić information content (AvgIpc) is 3.23. The highest BCUT2D eigenvalue weighted by Gasteiger charge is 2.65. The van der Waals surface area contributed by atoms with E-state index in [1.165, 1.54) is 44.1 Å². The first-order chi connectivity index (χ1) is 19.7. The van der Waals surface area contributed by atoms with Gasteiger partial charge in [-0.3, -0.25) is 0 Å². The van der Waals surface area contributed by atoms with Crippen molar-refractivity contribution < 1.29 is 9.53 Å². The van der Waals surface area contributed by atoms with Crippen LogP contribution in [-0.2, 0) is 9.53 Å². The molecule has 0 saturated heterocycles. The van der Waals surface area contributed by atoms with Crippen molar-refractivity contribution in [3.05, 3.63) is 65.8 Å². The van der Waals surface area contributed by atoms with Gasteiger partial charge in [0.1, 0.15) is 6.10 Å². The zero-order valence-corrected chi connectivity index (χ0v) is 28.0. The molecule has 8 unspecified atom stereocenters. The maximum atomic E-state index is 12.9. The first-order valence-electron chi connectivity index (χ1n) is 17.1. The molecule has 2 heteroatoms. The smallest absolute Gasteiger partial charge is 0.331 e. The number of carbonyl (C=O) groups is 1. The third-order valence-corrected chi connectivity index (χ3v) is 13.7. The second-order valence-corrected chi connectivity index (χ2v) is 16.3. The first-order valence-corrected chi connectivity index (χ1v) is 17.1. The Balaban J connectivity index is 1.32. The van der Waals surface area contributed by atoms with Crippen LogP contribution in [0.25, 0.3) is 6.08 Å². The van der Waals surface area contributed by atoms with Crippen molar-refractivity contribution in [3.63, 3.8) is 0 Å². The molecule has 3 fully saturated rings. The maximum Gasteiger partial charge on any atom is 0.331 e. The second-order valence-electron chi connectivity index (χ2n) is 16.3. The predicted octanol–water partition coefficient (Wildman–Crippen LogP) is 10.8. The Morgan fingerprint density at radius 2 is 1.71 bits per heavy atom. The Bertz CT molecular complexity index is 1220. The number of ether oxygens (including phenoxy) is 1. The SMILES string of the molecule is C=C(CCC(C)C1CCC2(C)C3=CCC4C(C)(C)C(OC(=O)/C=C/c5ccccc5)CCC4(C)C3CCC12C)C(C)C. The fraction of sp³-hybridized carbons (Fsp3) is 0.675. The van der Waals surface area contributed by atoms with Crippen LogP contribution in [-0.4, -0.2) is 12.1 Å². The minimum atomic E-state index is -0.211. The summed E-state index contributed by atoms with van der Waals surface area (Å²) in [6.07, 6.45) is 17.2. The summed E-state index contributed by atoms with van der Waals surface area (Å²) in [7, 11) is 0. The van der Waals surface area contributed by atoms with Gasteiger partial charge in [-0.25, -0.2) is 4.79 Å². The molecule has 0 bridgehead atoms. The molecule has 4 aliphatic carbocycles. The molecule has 1 aromatic carbocycles. The Labute approximate surface area is 257 Å². The van der Waals surface area contributed by atoms with E-state index in [-0.39, 0.29) is 22.9 Å². The van der Waals surface area contributed by atoms with Gasteiger partial charge in [0.05, 0.1) is 0 Å². The van der Waals surface area contributed by atoms with Crippen molar-refractivity contribution in [2.75, 3.05) is 0 Å². The Morgan fingerprint density at radius 1 is 1.00 bits per heavy atom. The molecular formula is C40H58O2. The van der Waals surface area contributed by atoms with E-state index in [9.17, 15) is 4.79 Å². The summed E-state index contributed by atoms with van der Waals surface area (Å²) in [5, 5.41) is 0. The topological polar surface area (TPSA) is 26.3 Å². The van der Waals surface area contributed by atoms with Crippen LogP contribution in [0.15, 0.2) is 60.2 Å². The van der Waals surface area contributed by atoms with Crippen LogP contribution < -0.4 is 0 Å². The highest BCUT2D eigenvalue weighted by molar-refractivity contribution is 5.87. The monoisotopic (exact) mass is 570 g/mol. The van der Waals surface area contributed by atoms with Gasteiger partial charge in [-0.05, 0) is 115 Å². The summed E-state index contributed by atoms with van der Waals surface area (Å²) in [4.78, 5) is 12.9. The van der Waals surface area contributed by atoms with Crippen LogP contribution in [0.4, 0.5) is 0 Å². The van der Waals surface area contributed by atoms with Crippen LogP contribution in [0.5, 0.6) is 0 Å². The summed E-state index contributed by atoms with van der Waals surface area (Å²) >= 11 is 0. The summed E-state index contributed by atoms with van der Waals surface area (Å²) in [5.74, 6) is 3.10. The van der Waals surface area contributed by atoms with Gasteiger partial charge in [0.25, 0.3) is 0 Å². The van der Waals surface area contributed by atoms with E-state index in [4.69, 9.17) is 4.74 Å². The molecule has 8 atom stereocenters. The van der Waals surface area contributed by atoms with E-state index in [0.29, 0.717) is 28.6 Å². The van der Waals surface area contributed by atoms with Crippen LogP contribution in [0, 0.1) is 51.2 Å². The number of hydrogen-bond donors (Lipinski definition) is 0. The Hall–Kier alpha value is -2.09. The quantitative estimate of drug-likeness (QED) is 0.176. The van der Waals surface area contributed by atoms with Crippen molar-refractivity contribution in [3.8, 4) is 0 Å². The molecule has 230 valence electrons. The van der Waals surface area contributed by atoms with Crippen molar-refractivity contribution in [2.45, 2.75) is 119 Å². The molecular weight excluding hydrogens is 512 g/mol. The molecule has 1 aromatic rings. The van der Waals surface area contributed by atoms with Gasteiger partial charge >= 0.3 is 5.97 Å². The molecule has 3 saturated carbocycles. The van der Waals surface area contributed by atoms with E-state index >= 15 is 0 Å². The standard InChI is InChI=1S/C40H58O2/c1-27(2)28(3)15-16-29(4)31-21-25-40(9)33-18-19-34-37(5,6)35(42-36(41)20-17-30-13-11-10-12-14-30)23-24-38(34,7)32(33)22-26-39(31,40)8/h10-14,17-18,20,27,29,31-32,34-35H,3,15-16,19,21-26H2,1-2,4-9H3/b20-17+. The summed E-state index contributed by atoms with van der Waals surface area (Å²) in [5.41, 5.74) is 5.13. The molecule has 0 aromatic heterocycles. The number of benzene rings is 1. The van der Waals surface area contributed by atoms with Crippen molar-refractivity contribution in [1.29, 1.82) is 0 Å². The number of rotatable bonds is 8. The number of hydrogen-bond acceptors (Lipinski definition) is 2. The number of esters is 1. The van der Waals surface area contributed by atoms with Gasteiger partial charge in [-0.1, -0.05) is 110 Å². The lowest BCUT2D eigenvalue weighted by Crippen LogP contribution is -2.58. The molecule has 0 amide bonds. The van der Waals surface area contributed by atoms with Gasteiger partial charge in [0.15, 0.2) is 0 Å². The van der Waals surface area contributed by atoms with Crippen LogP contribution in [0.2, 0.25) is 0 Å². The molecule has 0 radical (unpaired) electrons. The van der Waals surface area contributed by atoms with Crippen LogP contribution in [0.3, 0.4) is 0 Å². The largest absolute Gasteiger partial charge is 0.459 e. The molecule has 4 aliphatic rings. The third-order valence-electron chi connectivity index (χ3n) is 13.7. The van der Waals surface area contributed by atoms with E-state index in [1.807, 2.05) is 36.4 Å². The van der Waals surface area contributed by atoms with Gasteiger partial charge < -0.3 is 4.74 Å². The fourth-order valence-electron chi connectivity index (χ4n) is 10.7. The lowest BCUT2D eigenvalue weighted by Gasteiger charge is -2.64. The normalized spacial score (nSPS) is 37.9. The molecule has 0 N–H and O–H groups in total. The third kappa shape index (κ3) is 5.17. The van der Waals surface area contributed by atoms with E-state index < -0.39 is 0 Å². The number of allylic oxidation sites excluding steroid dienone is 3. The zero-order valence-electron chi connectivity index (χ0n) is 28.0. The molecule has 2 nitrogen and oxygen atoms in total. The van der Waals surface area contributed by atoms with E-state index in [0.717, 1.165) is 36.7 Å². The second kappa shape index (κ2) is 11.4. The van der Waals surface area contributed by atoms with Crippen molar-refractivity contribution in [2.24, 2.45) is 51.2 Å². The highest BCUT2D eigenvalue weighted by Crippen LogP contribution is 2.73. The summed E-state index contributed by atoms with van der Waals surface area (Å²) in [6, 6.07) is 10.0. The summed E-state index contributed by atoms with van der Waals surface area (Å²) < 4.78 is 6.21. The van der Waals surface area contributed by atoms with E-state index in [2.05, 4.69) is 68.0 Å². The molecule has 42 heavy (non-hydrogen) atoms. The Kier molecular flexibility index (Phi) is 8.54. The highest BCUT2D eigenvalue weighted by atomic mass is 16.5. The molecule has 0 heterocycles. The van der Waals surface area contributed by atoms with E-state index in [1.54, 1.807) is 11.6 Å². The lowest BCUT2D eigenvalue weighted by atomic mass is 9.41. The molecule has 0 spiro atoms. The van der Waals surface area contributed by atoms with Crippen LogP contribution in [0.1, 0.15) is 119 Å². The fourth-order valence-corrected chi connectivity index (χ4v) is 10.7. The van der Waals surface area contributed by atoms with Gasteiger partial charge in [-0.15, -0.1) is 0 Å². The minimum Gasteiger partial charge on any atom is -0.459 e. The first kappa shape index (κ1) is 31.3. The maximum absolute atomic E-state index is 12.9. The lowest BCUT2D eigenvalue weighted by molar-refractivity contribution is -0.172. The van der Waals surface area contributed by atoms with Crippen molar-refractivity contribution >= 4 is 12.0 Å². The van der Waals surface area contributed by atoms with Gasteiger partial charge in [0, 0.05) is 11.5 Å². The van der Waals surface area contributed by atoms with Gasteiger partial charge in [0.2, 0.25) is 0 Å². The van der Waals surface area contributed by atoms with Crippen molar-refractivity contribution in [1.82, 2.24) is 0 Å². The average molecular weight is 571 g/mol. The van der Waals surface area contributed by atoms with Gasteiger partial charge in [-0.2, -0.15) is 0 Å².